The lowest BCUT2D eigenvalue weighted by Gasteiger charge is -2.22. The summed E-state index contributed by atoms with van der Waals surface area (Å²) in [5.41, 5.74) is 3.37. The second kappa shape index (κ2) is 7.79. The first-order valence-electron chi connectivity index (χ1n) is 7.82. The fourth-order valence-corrected chi connectivity index (χ4v) is 2.45. The molecule has 2 atom stereocenters. The molecule has 2 unspecified atom stereocenters. The van der Waals surface area contributed by atoms with E-state index in [2.05, 4.69) is 29.6 Å². The molecule has 0 saturated heterocycles. The summed E-state index contributed by atoms with van der Waals surface area (Å²) in [6, 6.07) is 18.1. The SMILES string of the molecule is CC(O)CN(C)C(=O)NC(C)c1ccc(-c2ccccc2)cc1. The van der Waals surface area contributed by atoms with Crippen molar-refractivity contribution in [1.82, 2.24) is 10.2 Å². The van der Waals surface area contributed by atoms with Gasteiger partial charge in [0, 0.05) is 13.6 Å². The number of hydrogen-bond donors (Lipinski definition) is 2. The highest BCUT2D eigenvalue weighted by atomic mass is 16.3. The number of urea groups is 1. The number of benzene rings is 2. The Morgan fingerprint density at radius 2 is 1.61 bits per heavy atom. The zero-order valence-corrected chi connectivity index (χ0v) is 13.9. The molecule has 0 spiro atoms. The molecule has 2 N–H and O–H groups in total. The monoisotopic (exact) mass is 312 g/mol. The van der Waals surface area contributed by atoms with Crippen LogP contribution in [0, 0.1) is 0 Å². The lowest BCUT2D eigenvalue weighted by atomic mass is 10.0. The Morgan fingerprint density at radius 3 is 2.17 bits per heavy atom. The van der Waals surface area contributed by atoms with E-state index in [1.54, 1.807) is 14.0 Å². The first kappa shape index (κ1) is 17.0. The van der Waals surface area contributed by atoms with Crippen LogP contribution in [0.25, 0.3) is 11.1 Å². The predicted octanol–water partition coefficient (Wildman–Crippen LogP) is 3.44. The molecule has 2 aromatic rings. The van der Waals surface area contributed by atoms with Crippen molar-refractivity contribution in [3.8, 4) is 11.1 Å². The number of nitrogens with one attached hydrogen (secondary N) is 1. The van der Waals surface area contributed by atoms with E-state index in [4.69, 9.17) is 0 Å². The summed E-state index contributed by atoms with van der Waals surface area (Å²) in [6.07, 6.45) is -0.536. The zero-order valence-electron chi connectivity index (χ0n) is 13.9. The average molecular weight is 312 g/mol. The van der Waals surface area contributed by atoms with E-state index in [1.807, 2.05) is 37.3 Å². The number of hydrogen-bond acceptors (Lipinski definition) is 2. The summed E-state index contributed by atoms with van der Waals surface area (Å²) >= 11 is 0. The van der Waals surface area contributed by atoms with Crippen molar-refractivity contribution in [2.45, 2.75) is 26.0 Å². The first-order valence-corrected chi connectivity index (χ1v) is 7.82. The van der Waals surface area contributed by atoms with E-state index < -0.39 is 6.10 Å². The number of amides is 2. The third kappa shape index (κ3) is 4.83. The van der Waals surface area contributed by atoms with E-state index in [0.29, 0.717) is 6.54 Å². The number of nitrogens with zero attached hydrogens (tertiary/aromatic N) is 1. The molecule has 2 aromatic carbocycles. The molecule has 0 aliphatic rings. The van der Waals surface area contributed by atoms with Crippen molar-refractivity contribution in [3.05, 3.63) is 60.2 Å². The molecule has 0 saturated carbocycles. The van der Waals surface area contributed by atoms with Crippen LogP contribution in [0.3, 0.4) is 0 Å². The first-order chi connectivity index (χ1) is 11.0. The van der Waals surface area contributed by atoms with Crippen molar-refractivity contribution in [3.63, 3.8) is 0 Å². The molecule has 122 valence electrons. The maximum Gasteiger partial charge on any atom is 0.317 e. The van der Waals surface area contributed by atoms with Gasteiger partial charge in [0.2, 0.25) is 0 Å². The molecule has 0 aromatic heterocycles. The van der Waals surface area contributed by atoms with Crippen LogP contribution >= 0.6 is 0 Å². The predicted molar refractivity (Wildman–Crippen MR) is 93.1 cm³/mol. The van der Waals surface area contributed by atoms with E-state index in [-0.39, 0.29) is 12.1 Å². The smallest absolute Gasteiger partial charge is 0.317 e. The second-order valence-electron chi connectivity index (χ2n) is 5.89. The number of carbonyl (C=O) groups excluding carboxylic acids is 1. The molecule has 0 heterocycles. The standard InChI is InChI=1S/C19H24N2O2/c1-14(22)13-21(3)19(23)20-15(2)16-9-11-18(12-10-16)17-7-5-4-6-8-17/h4-12,14-15,22H,13H2,1-3H3,(H,20,23). The third-order valence-electron chi connectivity index (χ3n) is 3.74. The summed E-state index contributed by atoms with van der Waals surface area (Å²) in [5, 5.41) is 12.3. The van der Waals surface area contributed by atoms with E-state index >= 15 is 0 Å². The minimum Gasteiger partial charge on any atom is -0.392 e. The quantitative estimate of drug-likeness (QED) is 0.888. The van der Waals surface area contributed by atoms with Gasteiger partial charge in [-0.3, -0.25) is 0 Å². The molecule has 0 bridgehead atoms. The number of rotatable bonds is 5. The second-order valence-corrected chi connectivity index (χ2v) is 5.89. The summed E-state index contributed by atoms with van der Waals surface area (Å²) in [7, 11) is 1.67. The van der Waals surface area contributed by atoms with Crippen LogP contribution < -0.4 is 5.32 Å². The summed E-state index contributed by atoms with van der Waals surface area (Å²) < 4.78 is 0. The number of carbonyl (C=O) groups is 1. The molecule has 4 heteroatoms. The van der Waals surface area contributed by atoms with Gasteiger partial charge in [-0.1, -0.05) is 54.6 Å². The van der Waals surface area contributed by atoms with Gasteiger partial charge in [-0.05, 0) is 30.5 Å². The maximum absolute atomic E-state index is 12.1. The Morgan fingerprint density at radius 1 is 1.04 bits per heavy atom. The Kier molecular flexibility index (Phi) is 5.77. The van der Waals surface area contributed by atoms with Gasteiger partial charge in [-0.25, -0.2) is 4.79 Å². The molecule has 2 amide bonds. The molecule has 0 radical (unpaired) electrons. The van der Waals surface area contributed by atoms with Crippen molar-refractivity contribution in [2.24, 2.45) is 0 Å². The Balaban J connectivity index is 2.00. The highest BCUT2D eigenvalue weighted by Crippen LogP contribution is 2.21. The lowest BCUT2D eigenvalue weighted by molar-refractivity contribution is 0.142. The largest absolute Gasteiger partial charge is 0.392 e. The van der Waals surface area contributed by atoms with Crippen molar-refractivity contribution < 1.29 is 9.90 Å². The molecule has 0 aliphatic carbocycles. The van der Waals surface area contributed by atoms with Crippen molar-refractivity contribution >= 4 is 6.03 Å². The van der Waals surface area contributed by atoms with Crippen LogP contribution in [0.15, 0.2) is 54.6 Å². The van der Waals surface area contributed by atoms with Gasteiger partial charge in [0.1, 0.15) is 0 Å². The van der Waals surface area contributed by atoms with Gasteiger partial charge in [0.25, 0.3) is 0 Å². The van der Waals surface area contributed by atoms with Gasteiger partial charge in [-0.15, -0.1) is 0 Å². The van der Waals surface area contributed by atoms with Crippen LogP contribution in [-0.4, -0.2) is 35.7 Å². The van der Waals surface area contributed by atoms with E-state index in [0.717, 1.165) is 11.1 Å². The van der Waals surface area contributed by atoms with Gasteiger partial charge in [0.15, 0.2) is 0 Å². The van der Waals surface area contributed by atoms with E-state index in [1.165, 1.54) is 10.5 Å². The Labute approximate surface area is 137 Å². The van der Waals surface area contributed by atoms with Gasteiger partial charge >= 0.3 is 6.03 Å². The molecule has 0 fully saturated rings. The number of aliphatic hydroxyl groups excluding tert-OH is 1. The minimum atomic E-state index is -0.536. The van der Waals surface area contributed by atoms with E-state index in [9.17, 15) is 9.90 Å². The molecule has 0 aliphatic heterocycles. The zero-order chi connectivity index (χ0) is 16.8. The maximum atomic E-state index is 12.1. The average Bonchev–Trinajstić information content (AvgIpc) is 2.55. The van der Waals surface area contributed by atoms with Crippen LogP contribution in [-0.2, 0) is 0 Å². The van der Waals surface area contributed by atoms with Gasteiger partial charge in [-0.2, -0.15) is 0 Å². The summed E-state index contributed by atoms with van der Waals surface area (Å²) in [5.74, 6) is 0. The fraction of sp³-hybridized carbons (Fsp3) is 0.316. The van der Waals surface area contributed by atoms with Gasteiger partial charge < -0.3 is 15.3 Å². The van der Waals surface area contributed by atoms with Crippen LogP contribution in [0.4, 0.5) is 4.79 Å². The lowest BCUT2D eigenvalue weighted by Crippen LogP contribution is -2.41. The molecule has 23 heavy (non-hydrogen) atoms. The Hall–Kier alpha value is -2.33. The normalized spacial score (nSPS) is 13.2. The number of aliphatic hydroxyl groups is 1. The highest BCUT2D eigenvalue weighted by Gasteiger charge is 2.14. The molecule has 4 nitrogen and oxygen atoms in total. The Bertz CT molecular complexity index is 624. The topological polar surface area (TPSA) is 52.6 Å². The minimum absolute atomic E-state index is 0.0937. The van der Waals surface area contributed by atoms with Crippen molar-refractivity contribution in [2.75, 3.05) is 13.6 Å². The summed E-state index contributed by atoms with van der Waals surface area (Å²) in [6.45, 7) is 3.92. The van der Waals surface area contributed by atoms with Crippen molar-refractivity contribution in [1.29, 1.82) is 0 Å². The molecular formula is C19H24N2O2. The number of likely N-dealkylation sites (N-methyl/N-ethyl adjacent to an activating group) is 1. The molecule has 2 rings (SSSR count). The highest BCUT2D eigenvalue weighted by molar-refractivity contribution is 5.74. The van der Waals surface area contributed by atoms with Crippen LogP contribution in [0.5, 0.6) is 0 Å². The summed E-state index contributed by atoms with van der Waals surface area (Å²) in [4.78, 5) is 13.5. The fourth-order valence-electron chi connectivity index (χ4n) is 2.45. The molecular weight excluding hydrogens is 288 g/mol. The third-order valence-corrected chi connectivity index (χ3v) is 3.74. The van der Waals surface area contributed by atoms with Crippen LogP contribution in [0.1, 0.15) is 25.5 Å². The van der Waals surface area contributed by atoms with Gasteiger partial charge in [0.05, 0.1) is 12.1 Å². The van der Waals surface area contributed by atoms with Crippen LogP contribution in [0.2, 0.25) is 0 Å².